The van der Waals surface area contributed by atoms with Crippen LogP contribution in [0.5, 0.6) is 5.75 Å². The summed E-state index contributed by atoms with van der Waals surface area (Å²) in [5.41, 5.74) is 1.07. The molecule has 1 N–H and O–H groups in total. The lowest BCUT2D eigenvalue weighted by molar-refractivity contribution is 0.0600. The maximum absolute atomic E-state index is 12.3. The molecule has 0 spiro atoms. The molecule has 0 heterocycles. The first-order chi connectivity index (χ1) is 10.9. The molecular weight excluding hydrogens is 318 g/mol. The number of sulfonamides is 1. The number of carbonyl (C=O) groups is 1. The van der Waals surface area contributed by atoms with Crippen molar-refractivity contribution in [3.8, 4) is 5.75 Å². The number of nitrogens with one attached hydrogen (secondary N) is 1. The molecular formula is C16H17NO5S. The zero-order valence-electron chi connectivity index (χ0n) is 12.8. The summed E-state index contributed by atoms with van der Waals surface area (Å²) in [5.74, 6) is -0.426. The molecule has 122 valence electrons. The number of hydrogen-bond donors (Lipinski definition) is 1. The Bertz CT molecular complexity index is 787. The van der Waals surface area contributed by atoms with Crippen molar-refractivity contribution in [3.05, 3.63) is 59.7 Å². The minimum absolute atomic E-state index is 0.181. The molecule has 0 aliphatic rings. The second kappa shape index (κ2) is 7.15. The number of methoxy groups -OCH3 is 2. The van der Waals surface area contributed by atoms with Crippen molar-refractivity contribution in [2.45, 2.75) is 5.75 Å². The Labute approximate surface area is 135 Å². The Morgan fingerprint density at radius 1 is 1.09 bits per heavy atom. The largest absolute Gasteiger partial charge is 0.495 e. The predicted octanol–water partition coefficient (Wildman–Crippen LogP) is 2.42. The van der Waals surface area contributed by atoms with E-state index in [1.807, 2.05) is 6.07 Å². The summed E-state index contributed by atoms with van der Waals surface area (Å²) in [6.07, 6.45) is 0. The van der Waals surface area contributed by atoms with Gasteiger partial charge in [0.25, 0.3) is 0 Å². The summed E-state index contributed by atoms with van der Waals surface area (Å²) in [6, 6.07) is 13.2. The third kappa shape index (κ3) is 4.46. The van der Waals surface area contributed by atoms with Crippen LogP contribution in [0.3, 0.4) is 0 Å². The molecule has 0 atom stereocenters. The van der Waals surface area contributed by atoms with Crippen LogP contribution < -0.4 is 9.46 Å². The molecule has 2 aromatic rings. The molecule has 0 aromatic heterocycles. The van der Waals surface area contributed by atoms with Gasteiger partial charge in [-0.3, -0.25) is 4.72 Å². The van der Waals surface area contributed by atoms with Gasteiger partial charge in [-0.1, -0.05) is 30.3 Å². The summed E-state index contributed by atoms with van der Waals surface area (Å²) in [4.78, 5) is 11.6. The molecule has 0 unspecified atom stereocenters. The number of anilines is 1. The fourth-order valence-corrected chi connectivity index (χ4v) is 3.23. The molecule has 2 rings (SSSR count). The second-order valence-electron chi connectivity index (χ2n) is 4.75. The monoisotopic (exact) mass is 335 g/mol. The maximum Gasteiger partial charge on any atom is 0.337 e. The SMILES string of the molecule is COC(=O)c1ccc(OC)c(NS(=O)(=O)Cc2ccccc2)c1. The van der Waals surface area contributed by atoms with E-state index in [0.717, 1.165) is 0 Å². The lowest BCUT2D eigenvalue weighted by atomic mass is 10.2. The molecule has 0 radical (unpaired) electrons. The summed E-state index contributed by atoms with van der Waals surface area (Å²) in [5, 5.41) is 0. The van der Waals surface area contributed by atoms with Gasteiger partial charge in [-0.05, 0) is 23.8 Å². The Kier molecular flexibility index (Phi) is 5.23. The van der Waals surface area contributed by atoms with E-state index in [1.54, 1.807) is 24.3 Å². The molecule has 0 fully saturated rings. The predicted molar refractivity (Wildman–Crippen MR) is 87.0 cm³/mol. The Hall–Kier alpha value is -2.54. The van der Waals surface area contributed by atoms with Crippen LogP contribution in [0, 0.1) is 0 Å². The highest BCUT2D eigenvalue weighted by Crippen LogP contribution is 2.27. The Morgan fingerprint density at radius 2 is 1.78 bits per heavy atom. The topological polar surface area (TPSA) is 81.7 Å². The normalized spacial score (nSPS) is 10.9. The first-order valence-electron chi connectivity index (χ1n) is 6.76. The first kappa shape index (κ1) is 16.8. The zero-order valence-corrected chi connectivity index (χ0v) is 13.6. The fraction of sp³-hybridized carbons (Fsp3) is 0.188. The lowest BCUT2D eigenvalue weighted by Crippen LogP contribution is -2.16. The number of esters is 1. The van der Waals surface area contributed by atoms with E-state index in [1.165, 1.54) is 32.4 Å². The number of hydrogen-bond acceptors (Lipinski definition) is 5. The molecule has 0 aliphatic carbocycles. The molecule has 7 heteroatoms. The average molecular weight is 335 g/mol. The van der Waals surface area contributed by atoms with E-state index in [0.29, 0.717) is 11.3 Å². The van der Waals surface area contributed by atoms with Crippen LogP contribution in [-0.2, 0) is 20.5 Å². The van der Waals surface area contributed by atoms with E-state index in [4.69, 9.17) is 4.74 Å². The van der Waals surface area contributed by atoms with Gasteiger partial charge in [-0.15, -0.1) is 0 Å². The summed E-state index contributed by atoms with van der Waals surface area (Å²) < 4.78 is 36.8. The molecule has 0 saturated carbocycles. The quantitative estimate of drug-likeness (QED) is 0.820. The molecule has 2 aromatic carbocycles. The summed E-state index contributed by atoms with van der Waals surface area (Å²) >= 11 is 0. The average Bonchev–Trinajstić information content (AvgIpc) is 2.54. The molecule has 0 saturated heterocycles. The second-order valence-corrected chi connectivity index (χ2v) is 6.48. The van der Waals surface area contributed by atoms with Gasteiger partial charge in [0.15, 0.2) is 0 Å². The van der Waals surface area contributed by atoms with E-state index in [9.17, 15) is 13.2 Å². The van der Waals surface area contributed by atoms with Gasteiger partial charge in [0.05, 0.1) is 31.2 Å². The van der Waals surface area contributed by atoms with Crippen LogP contribution in [-0.4, -0.2) is 28.6 Å². The number of rotatable bonds is 6. The fourth-order valence-electron chi connectivity index (χ4n) is 2.03. The van der Waals surface area contributed by atoms with E-state index < -0.39 is 16.0 Å². The van der Waals surface area contributed by atoms with Gasteiger partial charge in [0, 0.05) is 0 Å². The van der Waals surface area contributed by atoms with Gasteiger partial charge in [0.2, 0.25) is 10.0 Å². The smallest absolute Gasteiger partial charge is 0.337 e. The summed E-state index contributed by atoms with van der Waals surface area (Å²) in [6.45, 7) is 0. The zero-order chi connectivity index (χ0) is 16.9. The number of carbonyl (C=O) groups excluding carboxylic acids is 1. The van der Waals surface area contributed by atoms with Crippen LogP contribution in [0.15, 0.2) is 48.5 Å². The molecule has 0 amide bonds. The van der Waals surface area contributed by atoms with Crippen LogP contribution in [0.1, 0.15) is 15.9 Å². The van der Waals surface area contributed by atoms with Crippen LogP contribution in [0.2, 0.25) is 0 Å². The van der Waals surface area contributed by atoms with Crippen LogP contribution >= 0.6 is 0 Å². The third-order valence-electron chi connectivity index (χ3n) is 3.09. The maximum atomic E-state index is 12.3. The van der Waals surface area contributed by atoms with Gasteiger partial charge in [-0.25, -0.2) is 13.2 Å². The van der Waals surface area contributed by atoms with E-state index >= 15 is 0 Å². The van der Waals surface area contributed by atoms with Crippen molar-refractivity contribution >= 4 is 21.7 Å². The highest BCUT2D eigenvalue weighted by atomic mass is 32.2. The summed E-state index contributed by atoms with van der Waals surface area (Å²) in [7, 11) is -0.977. The van der Waals surface area contributed by atoms with Crippen molar-refractivity contribution in [2.75, 3.05) is 18.9 Å². The number of ether oxygens (including phenoxy) is 2. The highest BCUT2D eigenvalue weighted by Gasteiger charge is 2.17. The molecule has 23 heavy (non-hydrogen) atoms. The molecule has 0 bridgehead atoms. The van der Waals surface area contributed by atoms with Gasteiger partial charge < -0.3 is 9.47 Å². The number of benzene rings is 2. The van der Waals surface area contributed by atoms with E-state index in [-0.39, 0.29) is 17.0 Å². The molecule has 0 aliphatic heterocycles. The van der Waals surface area contributed by atoms with Crippen molar-refractivity contribution in [3.63, 3.8) is 0 Å². The molecule has 6 nitrogen and oxygen atoms in total. The van der Waals surface area contributed by atoms with E-state index in [2.05, 4.69) is 9.46 Å². The highest BCUT2D eigenvalue weighted by molar-refractivity contribution is 7.91. The van der Waals surface area contributed by atoms with Crippen molar-refractivity contribution in [1.82, 2.24) is 0 Å². The van der Waals surface area contributed by atoms with Crippen molar-refractivity contribution < 1.29 is 22.7 Å². The minimum atomic E-state index is -3.65. The van der Waals surface area contributed by atoms with Crippen LogP contribution in [0.25, 0.3) is 0 Å². The van der Waals surface area contributed by atoms with Crippen molar-refractivity contribution in [2.24, 2.45) is 0 Å². The third-order valence-corrected chi connectivity index (χ3v) is 4.33. The van der Waals surface area contributed by atoms with Gasteiger partial charge in [0.1, 0.15) is 5.75 Å². The minimum Gasteiger partial charge on any atom is -0.495 e. The van der Waals surface area contributed by atoms with Gasteiger partial charge >= 0.3 is 5.97 Å². The van der Waals surface area contributed by atoms with Crippen LogP contribution in [0.4, 0.5) is 5.69 Å². The first-order valence-corrected chi connectivity index (χ1v) is 8.41. The standard InChI is InChI=1S/C16H17NO5S/c1-21-15-9-8-13(16(18)22-2)10-14(15)17-23(19,20)11-12-6-4-3-5-7-12/h3-10,17H,11H2,1-2H3. The Balaban J connectivity index is 2.28. The van der Waals surface area contributed by atoms with Gasteiger partial charge in [-0.2, -0.15) is 0 Å². The Morgan fingerprint density at radius 3 is 2.39 bits per heavy atom. The lowest BCUT2D eigenvalue weighted by Gasteiger charge is -2.13. The van der Waals surface area contributed by atoms with Crippen molar-refractivity contribution in [1.29, 1.82) is 0 Å².